The number of aryl methyl sites for hydroxylation is 2. The maximum Gasteiger partial charge on any atom is 0.335 e. The Labute approximate surface area is 253 Å². The third kappa shape index (κ3) is 6.31. The molecule has 1 aromatic heterocycles. The van der Waals surface area contributed by atoms with Crippen LogP contribution < -0.4 is 20.4 Å². The standard InChI is InChI=1S/C33H29N5O6/c1-20-13-14-27-28(16-20)38(19-29(39)24-11-4-3-8-21(24)2)31(41)26(18-37(27)30(40)25-12-5-6-15-34-25)36-33(44)35-23-10-7-9-22(17-23)32(42)43/h3-17,26H,18-19H2,1-2H3,(H,42,43)(H2,35,36,44). The Balaban J connectivity index is 1.54. The second-order valence-corrected chi connectivity index (χ2v) is 10.3. The van der Waals surface area contributed by atoms with Crippen molar-refractivity contribution in [3.63, 3.8) is 0 Å². The lowest BCUT2D eigenvalue weighted by Gasteiger charge is -2.25. The Bertz CT molecular complexity index is 1770. The number of aromatic carboxylic acids is 1. The number of urea groups is 1. The number of carboxylic acids is 1. The van der Waals surface area contributed by atoms with Gasteiger partial charge in [0.1, 0.15) is 11.7 Å². The molecule has 0 fully saturated rings. The third-order valence-electron chi connectivity index (χ3n) is 7.19. The lowest BCUT2D eigenvalue weighted by Crippen LogP contribution is -2.54. The molecule has 3 N–H and O–H groups in total. The number of amides is 4. The van der Waals surface area contributed by atoms with Gasteiger partial charge in [-0.15, -0.1) is 0 Å². The van der Waals surface area contributed by atoms with Crippen LogP contribution in [0.25, 0.3) is 0 Å². The zero-order valence-electron chi connectivity index (χ0n) is 24.0. The first-order valence-corrected chi connectivity index (χ1v) is 13.8. The van der Waals surface area contributed by atoms with Crippen LogP contribution in [0.5, 0.6) is 0 Å². The summed E-state index contributed by atoms with van der Waals surface area (Å²) in [5.74, 6) is -2.60. The van der Waals surface area contributed by atoms with Crippen molar-refractivity contribution < 1.29 is 29.1 Å². The number of benzene rings is 3. The molecule has 3 aromatic carbocycles. The molecule has 1 aliphatic heterocycles. The third-order valence-corrected chi connectivity index (χ3v) is 7.19. The molecule has 0 saturated heterocycles. The van der Waals surface area contributed by atoms with Gasteiger partial charge in [0.15, 0.2) is 5.78 Å². The molecule has 1 unspecified atom stereocenters. The highest BCUT2D eigenvalue weighted by molar-refractivity contribution is 6.15. The minimum Gasteiger partial charge on any atom is -0.478 e. The molecule has 0 radical (unpaired) electrons. The van der Waals surface area contributed by atoms with E-state index in [0.29, 0.717) is 16.9 Å². The number of pyridine rings is 1. The van der Waals surface area contributed by atoms with E-state index in [4.69, 9.17) is 0 Å². The Morgan fingerprint density at radius 2 is 1.68 bits per heavy atom. The summed E-state index contributed by atoms with van der Waals surface area (Å²) in [5, 5.41) is 14.5. The molecule has 11 heteroatoms. The van der Waals surface area contributed by atoms with E-state index in [9.17, 15) is 29.1 Å². The predicted octanol–water partition coefficient (Wildman–Crippen LogP) is 4.46. The molecule has 1 atom stereocenters. The van der Waals surface area contributed by atoms with E-state index >= 15 is 0 Å². The van der Waals surface area contributed by atoms with Gasteiger partial charge in [0.25, 0.3) is 11.8 Å². The first-order chi connectivity index (χ1) is 21.1. The van der Waals surface area contributed by atoms with Crippen molar-refractivity contribution in [2.75, 3.05) is 28.2 Å². The first-order valence-electron chi connectivity index (χ1n) is 13.8. The Kier molecular flexibility index (Phi) is 8.47. The van der Waals surface area contributed by atoms with Gasteiger partial charge in [0.2, 0.25) is 0 Å². The van der Waals surface area contributed by atoms with E-state index in [1.807, 2.05) is 13.0 Å². The maximum absolute atomic E-state index is 14.2. The van der Waals surface area contributed by atoms with E-state index in [-0.39, 0.29) is 35.8 Å². The van der Waals surface area contributed by atoms with E-state index in [0.717, 1.165) is 11.1 Å². The number of Topliss-reactive ketones (excluding diaryl/α,β-unsaturated/α-hetero) is 1. The SMILES string of the molecule is Cc1ccc2c(c1)N(CC(=O)c1ccccc1C)C(=O)C(NC(=O)Nc1cccc(C(=O)O)c1)CN2C(=O)c1ccccn1. The average Bonchev–Trinajstić information content (AvgIpc) is 3.11. The molecule has 2 heterocycles. The molecule has 0 aliphatic carbocycles. The zero-order valence-corrected chi connectivity index (χ0v) is 24.0. The lowest BCUT2D eigenvalue weighted by atomic mass is 10.0. The highest BCUT2D eigenvalue weighted by Crippen LogP contribution is 2.35. The molecule has 0 saturated carbocycles. The molecule has 222 valence electrons. The van der Waals surface area contributed by atoms with E-state index in [1.165, 1.54) is 40.3 Å². The van der Waals surface area contributed by atoms with Crippen molar-refractivity contribution in [1.29, 1.82) is 0 Å². The van der Waals surface area contributed by atoms with Crippen molar-refractivity contribution >= 4 is 46.7 Å². The summed E-state index contributed by atoms with van der Waals surface area (Å²) in [7, 11) is 0. The second-order valence-electron chi connectivity index (χ2n) is 10.3. The number of ketones is 1. The van der Waals surface area contributed by atoms with Gasteiger partial charge in [0, 0.05) is 17.4 Å². The lowest BCUT2D eigenvalue weighted by molar-refractivity contribution is -0.119. The number of anilines is 3. The Hall–Kier alpha value is -5.84. The average molecular weight is 592 g/mol. The summed E-state index contributed by atoms with van der Waals surface area (Å²) in [5.41, 5.74) is 2.97. The van der Waals surface area contributed by atoms with Crippen LogP contribution in [0, 0.1) is 13.8 Å². The molecule has 0 bridgehead atoms. The second kappa shape index (κ2) is 12.6. The molecule has 4 aromatic rings. The van der Waals surface area contributed by atoms with Crippen LogP contribution in [0.15, 0.2) is 91.1 Å². The topological polar surface area (TPSA) is 149 Å². The van der Waals surface area contributed by atoms with Crippen LogP contribution in [0.2, 0.25) is 0 Å². The molecule has 5 rings (SSSR count). The number of nitrogens with zero attached hydrogens (tertiary/aromatic N) is 3. The summed E-state index contributed by atoms with van der Waals surface area (Å²) >= 11 is 0. The maximum atomic E-state index is 14.2. The van der Waals surface area contributed by atoms with Gasteiger partial charge in [-0.3, -0.25) is 19.4 Å². The van der Waals surface area contributed by atoms with Crippen LogP contribution >= 0.6 is 0 Å². The van der Waals surface area contributed by atoms with Crippen molar-refractivity contribution in [3.05, 3.63) is 119 Å². The van der Waals surface area contributed by atoms with Gasteiger partial charge in [0.05, 0.1) is 30.0 Å². The minimum absolute atomic E-state index is 0.0350. The monoisotopic (exact) mass is 591 g/mol. The van der Waals surface area contributed by atoms with Crippen molar-refractivity contribution in [2.24, 2.45) is 0 Å². The number of nitrogens with one attached hydrogen (secondary N) is 2. The van der Waals surface area contributed by atoms with Crippen LogP contribution in [-0.4, -0.2) is 58.8 Å². The van der Waals surface area contributed by atoms with Gasteiger partial charge < -0.3 is 25.5 Å². The fraction of sp³-hybridized carbons (Fsp3) is 0.152. The number of hydrogen-bond donors (Lipinski definition) is 3. The van der Waals surface area contributed by atoms with Crippen LogP contribution in [0.3, 0.4) is 0 Å². The van der Waals surface area contributed by atoms with Gasteiger partial charge in [-0.2, -0.15) is 0 Å². The van der Waals surface area contributed by atoms with Gasteiger partial charge >= 0.3 is 12.0 Å². The zero-order chi connectivity index (χ0) is 31.4. The van der Waals surface area contributed by atoms with Gasteiger partial charge in [-0.05, 0) is 67.4 Å². The Morgan fingerprint density at radius 1 is 0.909 bits per heavy atom. The van der Waals surface area contributed by atoms with E-state index in [1.54, 1.807) is 61.5 Å². The number of hydrogen-bond acceptors (Lipinski definition) is 6. The number of rotatable bonds is 7. The number of fused-ring (bicyclic) bond motifs is 1. The van der Waals surface area contributed by atoms with Crippen molar-refractivity contribution in [2.45, 2.75) is 19.9 Å². The molecule has 44 heavy (non-hydrogen) atoms. The van der Waals surface area contributed by atoms with E-state index in [2.05, 4.69) is 15.6 Å². The van der Waals surface area contributed by atoms with Crippen molar-refractivity contribution in [3.8, 4) is 0 Å². The predicted molar refractivity (Wildman–Crippen MR) is 164 cm³/mol. The summed E-state index contributed by atoms with van der Waals surface area (Å²) in [4.78, 5) is 73.0. The fourth-order valence-electron chi connectivity index (χ4n) is 5.00. The molecular formula is C33H29N5O6. The minimum atomic E-state index is -1.29. The first kappa shape index (κ1) is 29.6. The summed E-state index contributed by atoms with van der Waals surface area (Å²) in [6.07, 6.45) is 1.48. The molecule has 1 aliphatic rings. The van der Waals surface area contributed by atoms with Crippen LogP contribution in [0.4, 0.5) is 21.9 Å². The molecule has 11 nitrogen and oxygen atoms in total. The van der Waals surface area contributed by atoms with Crippen LogP contribution in [0.1, 0.15) is 42.3 Å². The highest BCUT2D eigenvalue weighted by atomic mass is 16.4. The molecule has 0 spiro atoms. The summed E-state index contributed by atoms with van der Waals surface area (Å²) < 4.78 is 0. The smallest absolute Gasteiger partial charge is 0.335 e. The Morgan fingerprint density at radius 3 is 2.41 bits per heavy atom. The van der Waals surface area contributed by atoms with Crippen LogP contribution in [-0.2, 0) is 4.79 Å². The molecule has 4 amide bonds. The normalized spacial score (nSPS) is 14.3. The number of carbonyl (C=O) groups is 5. The number of carboxylic acid groups (broad SMARTS) is 1. The van der Waals surface area contributed by atoms with E-state index < -0.39 is 29.9 Å². The number of carbonyl (C=O) groups excluding carboxylic acids is 4. The summed E-state index contributed by atoms with van der Waals surface area (Å²) in [6, 6.07) is 20.7. The quantitative estimate of drug-likeness (QED) is 0.269. The fourth-order valence-corrected chi connectivity index (χ4v) is 5.00. The summed E-state index contributed by atoms with van der Waals surface area (Å²) in [6.45, 7) is 3.03. The van der Waals surface area contributed by atoms with Gasteiger partial charge in [-0.1, -0.05) is 42.5 Å². The van der Waals surface area contributed by atoms with Gasteiger partial charge in [-0.25, -0.2) is 9.59 Å². The van der Waals surface area contributed by atoms with Crippen molar-refractivity contribution in [1.82, 2.24) is 10.3 Å². The highest BCUT2D eigenvalue weighted by Gasteiger charge is 2.38. The number of aromatic nitrogens is 1. The largest absolute Gasteiger partial charge is 0.478 e. The molecular weight excluding hydrogens is 562 g/mol.